The molecule has 4 heteroatoms. The number of fused-ring (bicyclic) bond motifs is 1. The quantitative estimate of drug-likeness (QED) is 0.931. The van der Waals surface area contributed by atoms with Crippen molar-refractivity contribution in [1.82, 2.24) is 14.9 Å². The Bertz CT molecular complexity index is 536. The summed E-state index contributed by atoms with van der Waals surface area (Å²) < 4.78 is 0. The zero-order valence-corrected chi connectivity index (χ0v) is 13.8. The highest BCUT2D eigenvalue weighted by Crippen LogP contribution is 2.29. The van der Waals surface area contributed by atoms with Crippen LogP contribution in [0.5, 0.6) is 0 Å². The number of nitrogens with one attached hydrogen (secondary N) is 1. The van der Waals surface area contributed by atoms with Crippen molar-refractivity contribution in [3.05, 3.63) is 17.1 Å². The van der Waals surface area contributed by atoms with Gasteiger partial charge in [0.2, 0.25) is 0 Å². The highest BCUT2D eigenvalue weighted by atomic mass is 15.2. The van der Waals surface area contributed by atoms with Crippen molar-refractivity contribution < 1.29 is 0 Å². The molecule has 4 rings (SSSR count). The van der Waals surface area contributed by atoms with Gasteiger partial charge in [0.05, 0.1) is 0 Å². The third-order valence-corrected chi connectivity index (χ3v) is 5.70. The Labute approximate surface area is 133 Å². The molecule has 1 atom stereocenters. The summed E-state index contributed by atoms with van der Waals surface area (Å²) in [5, 5.41) is 3.77. The van der Waals surface area contributed by atoms with Crippen molar-refractivity contribution in [2.75, 3.05) is 18.4 Å². The fourth-order valence-electron chi connectivity index (χ4n) is 4.54. The first-order valence-electron chi connectivity index (χ1n) is 9.16. The third kappa shape index (κ3) is 2.85. The van der Waals surface area contributed by atoms with Gasteiger partial charge in [-0.1, -0.05) is 12.8 Å². The van der Waals surface area contributed by atoms with E-state index in [2.05, 4.69) is 15.2 Å². The predicted octanol–water partition coefficient (Wildman–Crippen LogP) is 3.09. The molecule has 3 aliphatic rings. The molecule has 2 aliphatic carbocycles. The number of aromatic nitrogens is 2. The molecule has 1 saturated heterocycles. The molecule has 4 nitrogen and oxygen atoms in total. The lowest BCUT2D eigenvalue weighted by Gasteiger charge is -2.25. The summed E-state index contributed by atoms with van der Waals surface area (Å²) >= 11 is 0. The minimum atomic E-state index is 0.570. The summed E-state index contributed by atoms with van der Waals surface area (Å²) in [6.45, 7) is 4.48. The molecular formula is C18H28N4. The van der Waals surface area contributed by atoms with Crippen molar-refractivity contribution in [3.63, 3.8) is 0 Å². The van der Waals surface area contributed by atoms with E-state index in [1.54, 1.807) is 0 Å². The van der Waals surface area contributed by atoms with E-state index in [0.717, 1.165) is 30.5 Å². The molecule has 2 fully saturated rings. The Morgan fingerprint density at radius 3 is 2.68 bits per heavy atom. The van der Waals surface area contributed by atoms with Crippen LogP contribution >= 0.6 is 0 Å². The van der Waals surface area contributed by atoms with Crippen LogP contribution in [-0.4, -0.2) is 40.0 Å². The van der Waals surface area contributed by atoms with Gasteiger partial charge in [0.15, 0.2) is 0 Å². The van der Waals surface area contributed by atoms with Crippen LogP contribution in [0.15, 0.2) is 0 Å². The maximum absolute atomic E-state index is 4.73. The minimum absolute atomic E-state index is 0.570. The van der Waals surface area contributed by atoms with Gasteiger partial charge in [-0.2, -0.15) is 0 Å². The smallest absolute Gasteiger partial charge is 0.133 e. The first-order valence-corrected chi connectivity index (χ1v) is 9.16. The summed E-state index contributed by atoms with van der Waals surface area (Å²) in [6, 6.07) is 1.42. The number of hydrogen-bond donors (Lipinski definition) is 1. The second kappa shape index (κ2) is 6.15. The Morgan fingerprint density at radius 1 is 1.00 bits per heavy atom. The molecule has 1 aromatic heterocycles. The van der Waals surface area contributed by atoms with E-state index in [4.69, 9.17) is 4.98 Å². The van der Waals surface area contributed by atoms with Crippen molar-refractivity contribution in [3.8, 4) is 0 Å². The summed E-state index contributed by atoms with van der Waals surface area (Å²) in [5.41, 5.74) is 2.70. The normalized spacial score (nSPS) is 26.3. The van der Waals surface area contributed by atoms with Crippen LogP contribution in [0.4, 0.5) is 5.82 Å². The number of nitrogens with zero attached hydrogens (tertiary/aromatic N) is 3. The van der Waals surface area contributed by atoms with Crippen molar-refractivity contribution in [2.45, 2.75) is 76.8 Å². The Balaban J connectivity index is 1.46. The van der Waals surface area contributed by atoms with Gasteiger partial charge in [-0.15, -0.1) is 0 Å². The number of anilines is 1. The Kier molecular flexibility index (Phi) is 4.03. The van der Waals surface area contributed by atoms with Crippen LogP contribution in [0.1, 0.15) is 62.0 Å². The maximum Gasteiger partial charge on any atom is 0.133 e. The van der Waals surface area contributed by atoms with Gasteiger partial charge in [0, 0.05) is 36.4 Å². The van der Waals surface area contributed by atoms with Gasteiger partial charge in [-0.3, -0.25) is 4.90 Å². The number of hydrogen-bond acceptors (Lipinski definition) is 4. The van der Waals surface area contributed by atoms with E-state index in [1.165, 1.54) is 69.3 Å². The number of rotatable bonds is 3. The topological polar surface area (TPSA) is 41.1 Å². The molecule has 0 bridgehead atoms. The molecule has 0 radical (unpaired) electrons. The van der Waals surface area contributed by atoms with E-state index in [-0.39, 0.29) is 0 Å². The highest BCUT2D eigenvalue weighted by molar-refractivity contribution is 5.48. The molecule has 1 N–H and O–H groups in total. The molecule has 0 aromatic carbocycles. The molecule has 1 saturated carbocycles. The van der Waals surface area contributed by atoms with Gasteiger partial charge >= 0.3 is 0 Å². The summed E-state index contributed by atoms with van der Waals surface area (Å²) in [6.07, 6.45) is 11.8. The average molecular weight is 300 g/mol. The summed E-state index contributed by atoms with van der Waals surface area (Å²) in [7, 11) is 0. The van der Waals surface area contributed by atoms with Gasteiger partial charge in [0.1, 0.15) is 11.6 Å². The largest absolute Gasteiger partial charge is 0.366 e. The fourth-order valence-corrected chi connectivity index (χ4v) is 4.54. The zero-order valence-electron chi connectivity index (χ0n) is 13.8. The monoisotopic (exact) mass is 300 g/mol. The Morgan fingerprint density at radius 2 is 1.82 bits per heavy atom. The first-order chi connectivity index (χ1) is 10.8. The van der Waals surface area contributed by atoms with Gasteiger partial charge in [-0.25, -0.2) is 9.97 Å². The third-order valence-electron chi connectivity index (χ3n) is 5.70. The molecule has 120 valence electrons. The predicted molar refractivity (Wildman–Crippen MR) is 89.3 cm³/mol. The van der Waals surface area contributed by atoms with Crippen LogP contribution in [0.2, 0.25) is 0 Å². The van der Waals surface area contributed by atoms with E-state index in [9.17, 15) is 0 Å². The number of likely N-dealkylation sites (tertiary alicyclic amines) is 1. The molecule has 0 amide bonds. The van der Waals surface area contributed by atoms with Crippen LogP contribution in [0.3, 0.4) is 0 Å². The van der Waals surface area contributed by atoms with E-state index in [0.29, 0.717) is 6.04 Å². The van der Waals surface area contributed by atoms with Gasteiger partial charge in [-0.05, 0) is 51.9 Å². The average Bonchev–Trinajstić information content (AvgIpc) is 3.17. The van der Waals surface area contributed by atoms with Crippen LogP contribution in [0, 0.1) is 6.92 Å². The zero-order chi connectivity index (χ0) is 14.9. The lowest BCUT2D eigenvalue weighted by atomic mass is 9.96. The fraction of sp³-hybridized carbons (Fsp3) is 0.778. The first kappa shape index (κ1) is 14.4. The molecular weight excluding hydrogens is 272 g/mol. The molecule has 2 heterocycles. The lowest BCUT2D eigenvalue weighted by molar-refractivity contribution is 0.245. The Hall–Kier alpha value is -1.16. The van der Waals surface area contributed by atoms with Crippen LogP contribution < -0.4 is 5.32 Å². The highest BCUT2D eigenvalue weighted by Gasteiger charge is 2.30. The van der Waals surface area contributed by atoms with E-state index >= 15 is 0 Å². The molecule has 1 aromatic rings. The molecule has 0 spiro atoms. The molecule has 1 unspecified atom stereocenters. The number of aryl methyl sites for hydroxylation is 2. The van der Waals surface area contributed by atoms with Crippen molar-refractivity contribution in [2.24, 2.45) is 0 Å². The lowest BCUT2D eigenvalue weighted by Crippen LogP contribution is -2.33. The minimum Gasteiger partial charge on any atom is -0.366 e. The van der Waals surface area contributed by atoms with Crippen LogP contribution in [-0.2, 0) is 12.8 Å². The second-order valence-electron chi connectivity index (χ2n) is 7.31. The van der Waals surface area contributed by atoms with Crippen LogP contribution in [0.25, 0.3) is 0 Å². The standard InChI is InChI=1S/C18H28N4/c1-13-19-17-9-5-4-8-16(17)18(20-13)21-14-10-11-22(12-14)15-6-2-3-7-15/h14-15H,2-12H2,1H3,(H,19,20,21). The van der Waals surface area contributed by atoms with Crippen molar-refractivity contribution in [1.29, 1.82) is 0 Å². The maximum atomic E-state index is 4.73. The van der Waals surface area contributed by atoms with Crippen molar-refractivity contribution >= 4 is 5.82 Å². The van der Waals surface area contributed by atoms with E-state index in [1.807, 2.05) is 6.92 Å². The van der Waals surface area contributed by atoms with Gasteiger partial charge in [0.25, 0.3) is 0 Å². The SMILES string of the molecule is Cc1nc2c(c(NC3CCN(C4CCCC4)C3)n1)CCCC2. The van der Waals surface area contributed by atoms with Gasteiger partial charge < -0.3 is 5.32 Å². The second-order valence-corrected chi connectivity index (χ2v) is 7.31. The summed E-state index contributed by atoms with van der Waals surface area (Å²) in [5.74, 6) is 2.06. The summed E-state index contributed by atoms with van der Waals surface area (Å²) in [4.78, 5) is 12.1. The molecule has 22 heavy (non-hydrogen) atoms. The van der Waals surface area contributed by atoms with E-state index < -0.39 is 0 Å². The molecule has 1 aliphatic heterocycles.